The van der Waals surface area contributed by atoms with Gasteiger partial charge in [0, 0.05) is 19.0 Å². The van der Waals surface area contributed by atoms with Gasteiger partial charge in [-0.15, -0.1) is 0 Å². The third kappa shape index (κ3) is 1.56. The van der Waals surface area contributed by atoms with Crippen LogP contribution < -0.4 is 5.32 Å². The maximum atomic E-state index is 12.9. The molecule has 1 saturated heterocycles. The number of hydrogen-bond donors (Lipinski definition) is 1. The van der Waals surface area contributed by atoms with Gasteiger partial charge < -0.3 is 5.32 Å². The summed E-state index contributed by atoms with van der Waals surface area (Å²) < 4.78 is 12.9. The quantitative estimate of drug-likeness (QED) is 0.765. The van der Waals surface area contributed by atoms with E-state index >= 15 is 0 Å². The van der Waals surface area contributed by atoms with Gasteiger partial charge in [-0.05, 0) is 36.0 Å². The number of hydrogen-bond acceptors (Lipinski definition) is 1. The van der Waals surface area contributed by atoms with Gasteiger partial charge in [-0.25, -0.2) is 4.39 Å². The fraction of sp³-hybridized carbons (Fsp3) is 0.571. The zero-order valence-corrected chi connectivity index (χ0v) is 9.51. The third-order valence-electron chi connectivity index (χ3n) is 4.44. The standard InChI is InChI=1S/C14H18FN/c15-12-5-3-11(4-6-12)13-9-16-10-14(13)7-1-2-8-14/h3-6,13,16H,1-2,7-10H2/t13-/m0/s1. The van der Waals surface area contributed by atoms with E-state index in [0.717, 1.165) is 13.1 Å². The Morgan fingerprint density at radius 3 is 2.50 bits per heavy atom. The van der Waals surface area contributed by atoms with Crippen molar-refractivity contribution in [3.8, 4) is 0 Å². The molecule has 2 fully saturated rings. The second kappa shape index (κ2) is 3.85. The van der Waals surface area contributed by atoms with Gasteiger partial charge in [0.05, 0.1) is 0 Å². The van der Waals surface area contributed by atoms with Crippen LogP contribution in [0.1, 0.15) is 37.2 Å². The monoisotopic (exact) mass is 219 g/mol. The molecule has 1 aliphatic heterocycles. The predicted octanol–water partition coefficient (Wildman–Crippen LogP) is 3.07. The molecule has 16 heavy (non-hydrogen) atoms. The van der Waals surface area contributed by atoms with Crippen LogP contribution in [0.25, 0.3) is 0 Å². The molecule has 1 N–H and O–H groups in total. The molecular formula is C14H18FN. The summed E-state index contributed by atoms with van der Waals surface area (Å²) in [6, 6.07) is 7.12. The summed E-state index contributed by atoms with van der Waals surface area (Å²) in [5.41, 5.74) is 1.78. The minimum atomic E-state index is -0.129. The van der Waals surface area contributed by atoms with Crippen molar-refractivity contribution in [3.63, 3.8) is 0 Å². The maximum absolute atomic E-state index is 12.9. The van der Waals surface area contributed by atoms with Crippen molar-refractivity contribution in [2.75, 3.05) is 13.1 Å². The lowest BCUT2D eigenvalue weighted by Crippen LogP contribution is -2.25. The SMILES string of the molecule is Fc1ccc([C@@H]2CNCC23CCCC3)cc1. The van der Waals surface area contributed by atoms with Crippen molar-refractivity contribution in [2.24, 2.45) is 5.41 Å². The Labute approximate surface area is 96.1 Å². The highest BCUT2D eigenvalue weighted by molar-refractivity contribution is 5.26. The van der Waals surface area contributed by atoms with Crippen LogP contribution in [0.3, 0.4) is 0 Å². The fourth-order valence-electron chi connectivity index (χ4n) is 3.58. The number of rotatable bonds is 1. The average Bonchev–Trinajstić information content (AvgIpc) is 2.91. The van der Waals surface area contributed by atoms with Crippen LogP contribution in [0.5, 0.6) is 0 Å². The van der Waals surface area contributed by atoms with E-state index in [0.29, 0.717) is 11.3 Å². The Hall–Kier alpha value is -0.890. The smallest absolute Gasteiger partial charge is 0.123 e. The molecule has 1 saturated carbocycles. The van der Waals surface area contributed by atoms with Gasteiger partial charge in [0.2, 0.25) is 0 Å². The first-order chi connectivity index (χ1) is 7.80. The summed E-state index contributed by atoms with van der Waals surface area (Å²) in [6.45, 7) is 2.21. The zero-order valence-electron chi connectivity index (χ0n) is 9.51. The molecule has 3 rings (SSSR count). The minimum Gasteiger partial charge on any atom is -0.316 e. The summed E-state index contributed by atoms with van der Waals surface area (Å²) in [4.78, 5) is 0. The first-order valence-electron chi connectivity index (χ1n) is 6.26. The molecule has 0 aromatic heterocycles. The van der Waals surface area contributed by atoms with Gasteiger partial charge in [-0.1, -0.05) is 25.0 Å². The molecule has 2 aliphatic rings. The first kappa shape index (κ1) is 10.3. The molecule has 86 valence electrons. The van der Waals surface area contributed by atoms with Crippen LogP contribution in [0.15, 0.2) is 24.3 Å². The lowest BCUT2D eigenvalue weighted by Gasteiger charge is -2.30. The Morgan fingerprint density at radius 1 is 1.12 bits per heavy atom. The van der Waals surface area contributed by atoms with E-state index in [1.165, 1.54) is 31.2 Å². The molecular weight excluding hydrogens is 201 g/mol. The van der Waals surface area contributed by atoms with E-state index in [2.05, 4.69) is 5.32 Å². The number of nitrogens with one attached hydrogen (secondary N) is 1. The molecule has 0 unspecified atom stereocenters. The summed E-state index contributed by atoms with van der Waals surface area (Å²) in [6.07, 6.45) is 5.39. The van der Waals surface area contributed by atoms with Crippen LogP contribution in [-0.4, -0.2) is 13.1 Å². The van der Waals surface area contributed by atoms with Crippen LogP contribution in [0.4, 0.5) is 4.39 Å². The van der Waals surface area contributed by atoms with Crippen molar-refractivity contribution in [3.05, 3.63) is 35.6 Å². The van der Waals surface area contributed by atoms with Crippen molar-refractivity contribution < 1.29 is 4.39 Å². The lowest BCUT2D eigenvalue weighted by molar-refractivity contribution is 0.295. The molecule has 1 aromatic carbocycles. The summed E-state index contributed by atoms with van der Waals surface area (Å²) in [5, 5.41) is 3.52. The Morgan fingerprint density at radius 2 is 1.81 bits per heavy atom. The minimum absolute atomic E-state index is 0.129. The summed E-state index contributed by atoms with van der Waals surface area (Å²) in [5.74, 6) is 0.464. The summed E-state index contributed by atoms with van der Waals surface area (Å²) in [7, 11) is 0. The van der Waals surface area contributed by atoms with Gasteiger partial charge in [0.25, 0.3) is 0 Å². The van der Waals surface area contributed by atoms with Gasteiger partial charge in [0.15, 0.2) is 0 Å². The highest BCUT2D eigenvalue weighted by Crippen LogP contribution is 2.50. The Bertz CT molecular complexity index is 359. The van der Waals surface area contributed by atoms with Crippen LogP contribution in [-0.2, 0) is 0 Å². The van der Waals surface area contributed by atoms with Crippen molar-refractivity contribution in [1.29, 1.82) is 0 Å². The van der Waals surface area contributed by atoms with Crippen molar-refractivity contribution in [1.82, 2.24) is 5.32 Å². The van der Waals surface area contributed by atoms with E-state index in [1.54, 1.807) is 12.1 Å². The van der Waals surface area contributed by atoms with Crippen LogP contribution >= 0.6 is 0 Å². The van der Waals surface area contributed by atoms with E-state index in [4.69, 9.17) is 0 Å². The van der Waals surface area contributed by atoms with Gasteiger partial charge >= 0.3 is 0 Å². The largest absolute Gasteiger partial charge is 0.316 e. The molecule has 0 radical (unpaired) electrons. The Balaban J connectivity index is 1.91. The molecule has 1 atom stereocenters. The number of benzene rings is 1. The lowest BCUT2D eigenvalue weighted by atomic mass is 9.73. The van der Waals surface area contributed by atoms with Crippen molar-refractivity contribution >= 4 is 0 Å². The first-order valence-corrected chi connectivity index (χ1v) is 6.26. The predicted molar refractivity (Wildman–Crippen MR) is 62.9 cm³/mol. The topological polar surface area (TPSA) is 12.0 Å². The summed E-state index contributed by atoms with van der Waals surface area (Å²) >= 11 is 0. The average molecular weight is 219 g/mol. The van der Waals surface area contributed by atoms with E-state index in [1.807, 2.05) is 12.1 Å². The van der Waals surface area contributed by atoms with Crippen molar-refractivity contribution in [2.45, 2.75) is 31.6 Å². The maximum Gasteiger partial charge on any atom is 0.123 e. The molecule has 2 heteroatoms. The molecule has 1 aromatic rings. The van der Waals surface area contributed by atoms with E-state index in [-0.39, 0.29) is 5.82 Å². The molecule has 1 heterocycles. The fourth-order valence-corrected chi connectivity index (χ4v) is 3.58. The molecule has 1 aliphatic carbocycles. The van der Waals surface area contributed by atoms with E-state index < -0.39 is 0 Å². The zero-order chi connectivity index (χ0) is 11.0. The second-order valence-electron chi connectivity index (χ2n) is 5.30. The van der Waals surface area contributed by atoms with Crippen LogP contribution in [0.2, 0.25) is 0 Å². The van der Waals surface area contributed by atoms with Gasteiger partial charge in [0.1, 0.15) is 5.82 Å². The molecule has 0 bridgehead atoms. The normalized spacial score (nSPS) is 27.7. The third-order valence-corrected chi connectivity index (χ3v) is 4.44. The van der Waals surface area contributed by atoms with Gasteiger partial charge in [-0.2, -0.15) is 0 Å². The highest BCUT2D eigenvalue weighted by atomic mass is 19.1. The Kier molecular flexibility index (Phi) is 2.47. The molecule has 1 spiro atoms. The highest BCUT2D eigenvalue weighted by Gasteiger charge is 2.45. The van der Waals surface area contributed by atoms with E-state index in [9.17, 15) is 4.39 Å². The molecule has 1 nitrogen and oxygen atoms in total. The second-order valence-corrected chi connectivity index (χ2v) is 5.30. The number of halogens is 1. The molecule has 0 amide bonds. The van der Waals surface area contributed by atoms with Gasteiger partial charge in [-0.3, -0.25) is 0 Å². The van der Waals surface area contributed by atoms with Crippen LogP contribution in [0, 0.1) is 11.2 Å².